The molecule has 43 nitrogen and oxygen atoms in total. The van der Waals surface area contributed by atoms with Gasteiger partial charge in [0.05, 0.1) is 37.9 Å². The van der Waals surface area contributed by atoms with Crippen LogP contribution in [0.2, 0.25) is 0 Å². The lowest BCUT2D eigenvalue weighted by molar-refractivity contribution is -0.146. The van der Waals surface area contributed by atoms with E-state index in [1.165, 1.54) is 24.3 Å². The zero-order valence-electron chi connectivity index (χ0n) is 60.8. The van der Waals surface area contributed by atoms with Crippen molar-refractivity contribution in [2.75, 3.05) is 37.8 Å². The summed E-state index contributed by atoms with van der Waals surface area (Å²) in [6, 6.07) is -18.6. The van der Waals surface area contributed by atoms with Gasteiger partial charge in [-0.05, 0) is 108 Å². The van der Waals surface area contributed by atoms with Gasteiger partial charge in [-0.1, -0.05) is 26.0 Å². The van der Waals surface area contributed by atoms with Gasteiger partial charge in [0, 0.05) is 37.3 Å². The number of thiol groups is 2. The number of hydrogen-bond donors (Lipinski definition) is 26. The molecule has 0 aromatic heterocycles. The summed E-state index contributed by atoms with van der Waals surface area (Å²) in [6.07, 6.45) is -8.78. The summed E-state index contributed by atoms with van der Waals surface area (Å²) < 4.78 is 0. The lowest BCUT2D eigenvalue weighted by atomic mass is 10.0. The average molecular weight is 1600 g/mol. The molecular weight excluding hydrogens is 1500 g/mol. The van der Waals surface area contributed by atoms with Gasteiger partial charge in [-0.15, -0.1) is 0 Å². The fourth-order valence-electron chi connectivity index (χ4n) is 10.8. The van der Waals surface area contributed by atoms with E-state index in [1.807, 2.05) is 5.32 Å². The first kappa shape index (κ1) is 96.0. The Kier molecular flexibility index (Phi) is 42.3. The van der Waals surface area contributed by atoms with Crippen molar-refractivity contribution in [2.24, 2.45) is 28.9 Å². The van der Waals surface area contributed by atoms with Crippen LogP contribution in [-0.2, 0) is 92.7 Å². The number of phenolic OH excluding ortho intramolecular Hbond substituents is 1. The zero-order chi connectivity index (χ0) is 83.4. The highest BCUT2D eigenvalue weighted by atomic mass is 32.1. The molecule has 0 unspecified atom stereocenters. The van der Waals surface area contributed by atoms with Crippen LogP contribution in [0.15, 0.2) is 24.3 Å². The number of unbranched alkanes of at least 4 members (excludes halogenated alkanes) is 1. The standard InChI is InChI=1S/C65H103N17O26S2/c1-29(2)22-40(75-58(100)42(26-84)77-59(101)41(25-83)76-52(94)34(67)23-32-10-12-33(87)13-11-32)64(106)82-21-7-9-45(82)62(104)73-38(16-19-48(90)91)54(96)70-35(8-5-6-20-66)53(95)71-36(14-17-46(68)88)55(97)74-39(24-49(92)93)57(99)72-37(15-18-47(69)89)56(98)78-43(27-109)60(102)79-44(28-110)61(103)80-50(30(3)85)63(105)81-51(31(4)86)65(107)108/h10-13,29-31,34-45,50-51,83-87,109-110H,5-9,14-28,66-67H2,1-4H3,(H2,68,88)(H2,69,89)(H,70,96)(H,71,95)(H,72,99)(H,73,104)(H,74,97)(H,75,100)(H,76,94)(H,77,101)(H,78,98)(H,79,102)(H,80,103)(H,81,105)(H,90,91)(H,92,93)(H,107,108)/t30-,31-,34+,35+,36+,37+,38+,39+,40+,41+,42+,43+,44+,45+,50+,51+/m1/s1. The second-order valence-corrected chi connectivity index (χ2v) is 27.0. The molecule has 0 spiro atoms. The van der Waals surface area contributed by atoms with Gasteiger partial charge >= 0.3 is 17.9 Å². The van der Waals surface area contributed by atoms with Crippen molar-refractivity contribution in [1.82, 2.24) is 68.7 Å². The maximum Gasteiger partial charge on any atom is 0.328 e. The molecule has 110 heavy (non-hydrogen) atoms. The van der Waals surface area contributed by atoms with Crippen molar-refractivity contribution in [1.29, 1.82) is 0 Å². The van der Waals surface area contributed by atoms with Crippen LogP contribution in [-0.4, -0.2) is 287 Å². The van der Waals surface area contributed by atoms with Gasteiger partial charge < -0.3 is 132 Å². The van der Waals surface area contributed by atoms with E-state index in [-0.39, 0.29) is 69.7 Å². The maximum absolute atomic E-state index is 14.5. The largest absolute Gasteiger partial charge is 0.508 e. The van der Waals surface area contributed by atoms with Crippen molar-refractivity contribution in [3.63, 3.8) is 0 Å². The smallest absolute Gasteiger partial charge is 0.328 e. The second-order valence-electron chi connectivity index (χ2n) is 26.3. The molecule has 1 aliphatic heterocycles. The molecule has 616 valence electrons. The number of carbonyl (C=O) groups excluding carboxylic acids is 15. The van der Waals surface area contributed by atoms with E-state index in [0.717, 1.165) is 18.7 Å². The maximum atomic E-state index is 14.5. The summed E-state index contributed by atoms with van der Waals surface area (Å²) >= 11 is 8.13. The van der Waals surface area contributed by atoms with Gasteiger partial charge in [0.25, 0.3) is 0 Å². The first-order valence-corrected chi connectivity index (χ1v) is 36.1. The van der Waals surface area contributed by atoms with Crippen LogP contribution in [0.3, 0.4) is 0 Å². The summed E-state index contributed by atoms with van der Waals surface area (Å²) in [4.78, 5) is 241. The number of carbonyl (C=O) groups is 18. The number of carboxylic acids is 3. The fraction of sp³-hybridized carbons (Fsp3) is 0.631. The van der Waals surface area contributed by atoms with E-state index in [2.05, 4.69) is 83.7 Å². The number of primary amides is 2. The topological polar surface area (TPSA) is 721 Å². The number of rotatable bonds is 51. The first-order chi connectivity index (χ1) is 51.6. The van der Waals surface area contributed by atoms with Gasteiger partial charge in [0.2, 0.25) is 88.6 Å². The van der Waals surface area contributed by atoms with Gasteiger partial charge in [-0.2, -0.15) is 25.3 Å². The van der Waals surface area contributed by atoms with Crippen molar-refractivity contribution in [3.05, 3.63) is 29.8 Å². The molecule has 16 atom stereocenters. The Bertz CT molecular complexity index is 3390. The monoisotopic (exact) mass is 1600 g/mol. The number of nitrogens with zero attached hydrogens (tertiary/aromatic N) is 1. The van der Waals surface area contributed by atoms with Crippen molar-refractivity contribution >= 4 is 132 Å². The van der Waals surface area contributed by atoms with Crippen LogP contribution in [0.1, 0.15) is 117 Å². The van der Waals surface area contributed by atoms with Crippen LogP contribution in [0.5, 0.6) is 5.75 Å². The summed E-state index contributed by atoms with van der Waals surface area (Å²) in [5.74, 6) is -23.6. The molecule has 0 radical (unpaired) electrons. The highest BCUT2D eigenvalue weighted by molar-refractivity contribution is 7.80. The third-order valence-corrected chi connectivity index (χ3v) is 17.5. The third-order valence-electron chi connectivity index (χ3n) is 16.8. The number of carboxylic acid groups (broad SMARTS) is 3. The minimum Gasteiger partial charge on any atom is -0.508 e. The molecule has 0 saturated carbocycles. The number of aliphatic hydroxyl groups is 4. The van der Waals surface area contributed by atoms with Gasteiger partial charge in [0.15, 0.2) is 6.04 Å². The Balaban J connectivity index is 2.43. The SMILES string of the molecule is CC(C)C[C@H](NC(=O)[C@H](CO)NC(=O)[C@H](CO)NC(=O)[C@@H](N)Cc1ccc(O)cc1)C(=O)N1CCC[C@H]1C(=O)N[C@@H](CCC(=O)O)C(=O)N[C@@H](CCCCN)C(=O)N[C@@H](CCC(N)=O)C(=O)N[C@@H](CC(=O)O)C(=O)N[C@@H](CCC(N)=O)C(=O)N[C@@H](CS)C(=O)N[C@@H](CS)C(=O)N[C@H](C(=O)N[C@H](C(=O)O)[C@@H](C)O)[C@@H](C)O. The summed E-state index contributed by atoms with van der Waals surface area (Å²) in [6.45, 7) is 3.33. The predicted molar refractivity (Wildman–Crippen MR) is 389 cm³/mol. The van der Waals surface area contributed by atoms with Crippen molar-refractivity contribution < 1.29 is 127 Å². The van der Waals surface area contributed by atoms with Crippen molar-refractivity contribution in [2.45, 2.75) is 214 Å². The van der Waals surface area contributed by atoms with E-state index in [9.17, 15) is 127 Å². The third kappa shape index (κ3) is 33.4. The second kappa shape index (κ2) is 48.5. The minimum atomic E-state index is -2.20. The molecule has 45 heteroatoms. The summed E-state index contributed by atoms with van der Waals surface area (Å²) in [5, 5.41) is 106. The van der Waals surface area contributed by atoms with Crippen LogP contribution in [0.4, 0.5) is 0 Å². The molecule has 2 rings (SSSR count). The van der Waals surface area contributed by atoms with Crippen molar-refractivity contribution in [3.8, 4) is 5.75 Å². The Labute approximate surface area is 641 Å². The average Bonchev–Trinajstić information content (AvgIpc) is 1.67. The number of nitrogens with two attached hydrogens (primary N) is 4. The molecule has 1 fully saturated rings. The van der Waals surface area contributed by atoms with E-state index in [0.29, 0.717) is 5.56 Å². The normalized spacial score (nSPS) is 16.6. The number of amides is 15. The predicted octanol–water partition coefficient (Wildman–Crippen LogP) is -10.2. The Morgan fingerprint density at radius 2 is 0.873 bits per heavy atom. The molecule has 1 aliphatic rings. The molecule has 0 aliphatic carbocycles. The highest BCUT2D eigenvalue weighted by Gasteiger charge is 2.42. The van der Waals surface area contributed by atoms with Crippen LogP contribution in [0.25, 0.3) is 0 Å². The van der Waals surface area contributed by atoms with Gasteiger partial charge in [-0.25, -0.2) is 4.79 Å². The Hall–Kier alpha value is -10.1. The number of phenols is 1. The molecule has 1 aromatic rings. The van der Waals surface area contributed by atoms with E-state index < -0.39 is 273 Å². The van der Waals surface area contributed by atoms with E-state index in [1.54, 1.807) is 13.8 Å². The number of likely N-dealkylation sites (tertiary alicyclic amines) is 1. The molecular formula is C65H103N17O26S2. The first-order valence-electron chi connectivity index (χ1n) is 34.8. The number of hydrogen-bond acceptors (Lipinski definition) is 27. The van der Waals surface area contributed by atoms with E-state index in [4.69, 9.17) is 22.9 Å². The molecule has 1 aromatic carbocycles. The Morgan fingerprint density at radius 3 is 1.30 bits per heavy atom. The minimum absolute atomic E-state index is 0.0398. The number of aromatic hydroxyl groups is 1. The van der Waals surface area contributed by atoms with E-state index >= 15 is 0 Å². The van der Waals surface area contributed by atoms with Gasteiger partial charge in [0.1, 0.15) is 78.3 Å². The number of nitrogens with one attached hydrogen (secondary N) is 12. The number of benzene rings is 1. The quantitative estimate of drug-likeness (QED) is 0.0213. The lowest BCUT2D eigenvalue weighted by Gasteiger charge is -2.31. The molecule has 1 heterocycles. The highest BCUT2D eigenvalue weighted by Crippen LogP contribution is 2.22. The molecule has 28 N–H and O–H groups in total. The summed E-state index contributed by atoms with van der Waals surface area (Å²) in [7, 11) is 0. The lowest BCUT2D eigenvalue weighted by Crippen LogP contribution is -2.62. The summed E-state index contributed by atoms with van der Waals surface area (Å²) in [5.41, 5.74) is 23.0. The fourth-order valence-corrected chi connectivity index (χ4v) is 11.3. The zero-order valence-corrected chi connectivity index (χ0v) is 62.6. The van der Waals surface area contributed by atoms with Crippen LogP contribution >= 0.6 is 25.3 Å². The molecule has 15 amide bonds. The van der Waals surface area contributed by atoms with Crippen LogP contribution < -0.4 is 86.7 Å². The number of aliphatic carboxylic acids is 3. The Morgan fingerprint density at radius 1 is 0.482 bits per heavy atom. The molecule has 0 bridgehead atoms. The number of aliphatic hydroxyl groups excluding tert-OH is 4. The van der Waals surface area contributed by atoms with Gasteiger partial charge in [-0.3, -0.25) is 81.5 Å². The van der Waals surface area contributed by atoms with Crippen LogP contribution in [0, 0.1) is 5.92 Å². The molecule has 1 saturated heterocycles.